The zero-order chi connectivity index (χ0) is 19.3. The average molecular weight is 378 g/mol. The first-order valence-corrected chi connectivity index (χ1v) is 8.82. The largest absolute Gasteiger partial charge is 0.491 e. The minimum absolute atomic E-state index is 0.0677. The van der Waals surface area contributed by atoms with Crippen molar-refractivity contribution in [3.05, 3.63) is 35.2 Å². The number of carbonyl (C=O) groups is 1. The van der Waals surface area contributed by atoms with E-state index < -0.39 is 5.38 Å². The predicted molar refractivity (Wildman–Crippen MR) is 103 cm³/mol. The Morgan fingerprint density at radius 3 is 2.31 bits per heavy atom. The van der Waals surface area contributed by atoms with E-state index in [1.807, 2.05) is 32.9 Å². The molecule has 1 heterocycles. The van der Waals surface area contributed by atoms with Crippen molar-refractivity contribution in [1.29, 1.82) is 0 Å². The van der Waals surface area contributed by atoms with Crippen LogP contribution in [0.1, 0.15) is 43.1 Å². The molecule has 0 aliphatic heterocycles. The Bertz CT molecular complexity index is 762. The van der Waals surface area contributed by atoms with Crippen LogP contribution in [0.2, 0.25) is 0 Å². The van der Waals surface area contributed by atoms with Gasteiger partial charge in [0.25, 0.3) is 0 Å². The molecular formula is C18H24ClN5O2. The van der Waals surface area contributed by atoms with Crippen molar-refractivity contribution >= 4 is 29.4 Å². The Balaban J connectivity index is 2.06. The second-order valence-electron chi connectivity index (χ2n) is 6.32. The number of hydrogen-bond donors (Lipinski definition) is 2. The van der Waals surface area contributed by atoms with Crippen LogP contribution in [0.15, 0.2) is 18.2 Å². The first-order chi connectivity index (χ1) is 12.2. The maximum Gasteiger partial charge on any atom is 0.234 e. The number of nitrogens with one attached hydrogen (secondary N) is 2. The van der Waals surface area contributed by atoms with Crippen LogP contribution in [0.5, 0.6) is 5.75 Å². The van der Waals surface area contributed by atoms with E-state index in [-0.39, 0.29) is 17.9 Å². The van der Waals surface area contributed by atoms with Crippen LogP contribution in [0, 0.1) is 13.8 Å². The fraction of sp³-hybridized carbons (Fsp3) is 0.444. The molecule has 8 heteroatoms. The Hall–Kier alpha value is -2.41. The van der Waals surface area contributed by atoms with Gasteiger partial charge in [0, 0.05) is 6.92 Å². The van der Waals surface area contributed by atoms with E-state index in [9.17, 15) is 4.79 Å². The number of rotatable bonds is 7. The molecule has 0 radical (unpaired) electrons. The lowest BCUT2D eigenvalue weighted by atomic mass is 10.1. The lowest BCUT2D eigenvalue weighted by molar-refractivity contribution is -0.114. The summed E-state index contributed by atoms with van der Waals surface area (Å²) in [4.78, 5) is 23.9. The van der Waals surface area contributed by atoms with Gasteiger partial charge in [-0.1, -0.05) is 6.07 Å². The molecular weight excluding hydrogens is 354 g/mol. The number of ether oxygens (including phenoxy) is 1. The van der Waals surface area contributed by atoms with Crippen LogP contribution in [-0.4, -0.2) is 33.5 Å². The first-order valence-electron chi connectivity index (χ1n) is 8.38. The van der Waals surface area contributed by atoms with E-state index >= 15 is 0 Å². The molecule has 0 saturated heterocycles. The standard InChI is InChI=1S/C18H24ClN5O2/c1-10-6-11(2)8-15(7-10)26-9-12(3)20-17-22-16(13(4)19)23-18(24-17)21-14(5)25/h6-8,12-13H,9H2,1-5H3,(H2,20,21,22,23,24,25). The molecule has 1 aromatic heterocycles. The summed E-state index contributed by atoms with van der Waals surface area (Å²) in [6, 6.07) is 6.01. The van der Waals surface area contributed by atoms with Gasteiger partial charge in [-0.15, -0.1) is 11.6 Å². The van der Waals surface area contributed by atoms with Crippen LogP contribution in [0.25, 0.3) is 0 Å². The Morgan fingerprint density at radius 1 is 1.12 bits per heavy atom. The SMILES string of the molecule is CC(=O)Nc1nc(NC(C)COc2cc(C)cc(C)c2)nc(C(C)Cl)n1. The lowest BCUT2D eigenvalue weighted by Crippen LogP contribution is -2.25. The van der Waals surface area contributed by atoms with E-state index in [2.05, 4.69) is 31.7 Å². The number of halogens is 1. The second-order valence-corrected chi connectivity index (χ2v) is 6.97. The molecule has 26 heavy (non-hydrogen) atoms. The quantitative estimate of drug-likeness (QED) is 0.716. The van der Waals surface area contributed by atoms with Gasteiger partial charge in [-0.3, -0.25) is 10.1 Å². The maximum absolute atomic E-state index is 11.3. The summed E-state index contributed by atoms with van der Waals surface area (Å²) in [6.45, 7) is 9.59. The van der Waals surface area contributed by atoms with Crippen molar-refractivity contribution in [1.82, 2.24) is 15.0 Å². The van der Waals surface area contributed by atoms with E-state index in [1.54, 1.807) is 6.92 Å². The summed E-state index contributed by atoms with van der Waals surface area (Å²) in [5.74, 6) is 1.44. The normalized spacial score (nSPS) is 13.0. The minimum Gasteiger partial charge on any atom is -0.491 e. The number of amides is 1. The maximum atomic E-state index is 11.3. The number of anilines is 2. The Labute approximate surface area is 158 Å². The molecule has 2 unspecified atom stereocenters. The molecule has 2 atom stereocenters. The third-order valence-electron chi connectivity index (χ3n) is 3.37. The van der Waals surface area contributed by atoms with Crippen LogP contribution >= 0.6 is 11.6 Å². The van der Waals surface area contributed by atoms with Gasteiger partial charge in [-0.25, -0.2) is 0 Å². The van der Waals surface area contributed by atoms with Crippen LogP contribution < -0.4 is 15.4 Å². The molecule has 0 bridgehead atoms. The van der Waals surface area contributed by atoms with Crippen molar-refractivity contribution in [3.63, 3.8) is 0 Å². The summed E-state index contributed by atoms with van der Waals surface area (Å²) in [7, 11) is 0. The fourth-order valence-corrected chi connectivity index (χ4v) is 2.45. The highest BCUT2D eigenvalue weighted by Gasteiger charge is 2.13. The minimum atomic E-state index is -0.409. The van der Waals surface area contributed by atoms with Crippen molar-refractivity contribution in [3.8, 4) is 5.75 Å². The van der Waals surface area contributed by atoms with Gasteiger partial charge < -0.3 is 10.1 Å². The molecule has 0 saturated carbocycles. The van der Waals surface area contributed by atoms with Gasteiger partial charge in [0.1, 0.15) is 12.4 Å². The van der Waals surface area contributed by atoms with Crippen molar-refractivity contribution in [2.24, 2.45) is 0 Å². The molecule has 7 nitrogen and oxygen atoms in total. The van der Waals surface area contributed by atoms with Crippen molar-refractivity contribution < 1.29 is 9.53 Å². The molecule has 0 aliphatic carbocycles. The summed E-state index contributed by atoms with van der Waals surface area (Å²) >= 11 is 6.07. The van der Waals surface area contributed by atoms with Crippen LogP contribution in [0.4, 0.5) is 11.9 Å². The van der Waals surface area contributed by atoms with E-state index in [0.29, 0.717) is 18.4 Å². The number of nitrogens with zero attached hydrogens (tertiary/aromatic N) is 3. The lowest BCUT2D eigenvalue weighted by Gasteiger charge is -2.17. The van der Waals surface area contributed by atoms with Gasteiger partial charge in [-0.2, -0.15) is 15.0 Å². The van der Waals surface area contributed by atoms with Gasteiger partial charge in [0.05, 0.1) is 11.4 Å². The molecule has 2 N–H and O–H groups in total. The van der Waals surface area contributed by atoms with Crippen molar-refractivity contribution in [2.45, 2.75) is 46.0 Å². The van der Waals surface area contributed by atoms with E-state index in [1.165, 1.54) is 6.92 Å². The first kappa shape index (κ1) is 19.9. The van der Waals surface area contributed by atoms with Gasteiger partial charge in [0.2, 0.25) is 17.8 Å². The number of hydrogen-bond acceptors (Lipinski definition) is 6. The molecule has 140 valence electrons. The molecule has 0 fully saturated rings. The van der Waals surface area contributed by atoms with Gasteiger partial charge in [0.15, 0.2) is 5.82 Å². The number of benzene rings is 1. The van der Waals surface area contributed by atoms with E-state index in [4.69, 9.17) is 16.3 Å². The highest BCUT2D eigenvalue weighted by molar-refractivity contribution is 6.20. The molecule has 2 aromatic rings. The zero-order valence-corrected chi connectivity index (χ0v) is 16.4. The number of alkyl halides is 1. The Kier molecular flexibility index (Phi) is 6.74. The second kappa shape index (κ2) is 8.80. The van der Waals surface area contributed by atoms with Gasteiger partial charge >= 0.3 is 0 Å². The van der Waals surface area contributed by atoms with E-state index in [0.717, 1.165) is 16.9 Å². The Morgan fingerprint density at radius 2 is 1.73 bits per heavy atom. The predicted octanol–water partition coefficient (Wildman–Crippen LogP) is 3.63. The van der Waals surface area contributed by atoms with Crippen molar-refractivity contribution in [2.75, 3.05) is 17.2 Å². The zero-order valence-electron chi connectivity index (χ0n) is 15.6. The summed E-state index contributed by atoms with van der Waals surface area (Å²) in [5.41, 5.74) is 2.30. The number of aromatic nitrogens is 3. The summed E-state index contributed by atoms with van der Waals surface area (Å²) in [6.07, 6.45) is 0. The van der Waals surface area contributed by atoms with Crippen LogP contribution in [0.3, 0.4) is 0 Å². The molecule has 1 amide bonds. The third kappa shape index (κ3) is 6.15. The third-order valence-corrected chi connectivity index (χ3v) is 3.56. The summed E-state index contributed by atoms with van der Waals surface area (Å²) < 4.78 is 5.84. The molecule has 0 spiro atoms. The van der Waals surface area contributed by atoms with Gasteiger partial charge in [-0.05, 0) is 51.0 Å². The monoisotopic (exact) mass is 377 g/mol. The molecule has 0 aliphatic rings. The number of aryl methyl sites for hydroxylation is 2. The average Bonchev–Trinajstić information content (AvgIpc) is 2.51. The summed E-state index contributed by atoms with van der Waals surface area (Å²) in [5, 5.41) is 5.30. The van der Waals surface area contributed by atoms with Crippen LogP contribution in [-0.2, 0) is 4.79 Å². The molecule has 1 aromatic carbocycles. The smallest absolute Gasteiger partial charge is 0.234 e. The molecule has 2 rings (SSSR count). The highest BCUT2D eigenvalue weighted by atomic mass is 35.5. The topological polar surface area (TPSA) is 89.0 Å². The highest BCUT2D eigenvalue weighted by Crippen LogP contribution is 2.19. The number of carbonyl (C=O) groups excluding carboxylic acids is 1. The fourth-order valence-electron chi connectivity index (χ4n) is 2.35.